The number of pyridine rings is 1. The zero-order valence-electron chi connectivity index (χ0n) is 13.1. The molecule has 2 aromatic rings. The van der Waals surface area contributed by atoms with Gasteiger partial charge >= 0.3 is 0 Å². The van der Waals surface area contributed by atoms with E-state index < -0.39 is 0 Å². The van der Waals surface area contributed by atoms with Crippen LogP contribution in [0.25, 0.3) is 11.5 Å². The van der Waals surface area contributed by atoms with E-state index >= 15 is 0 Å². The second-order valence-electron chi connectivity index (χ2n) is 5.84. The van der Waals surface area contributed by atoms with Gasteiger partial charge in [0.05, 0.1) is 0 Å². The number of hydrogen-bond donors (Lipinski definition) is 3. The van der Waals surface area contributed by atoms with Gasteiger partial charge in [0.15, 0.2) is 5.82 Å². The highest BCUT2D eigenvalue weighted by Gasteiger charge is 2.20. The van der Waals surface area contributed by atoms with Crippen molar-refractivity contribution in [2.75, 3.05) is 25.1 Å². The van der Waals surface area contributed by atoms with Crippen molar-refractivity contribution in [3.8, 4) is 11.5 Å². The Balaban J connectivity index is 1.80. The zero-order chi connectivity index (χ0) is 16.1. The summed E-state index contributed by atoms with van der Waals surface area (Å²) in [6.45, 7) is 0.662. The standard InChI is InChI=1S/C17H22N4O2/c22-10-12(11-23)7-9-19-16-13-4-3-6-14(13)20-17(21-16)15-5-1-2-8-18-15/h1-2,5,8,12,22-23H,3-4,6-7,9-11H2,(H,19,20,21). The van der Waals surface area contributed by atoms with E-state index in [1.165, 1.54) is 5.56 Å². The quantitative estimate of drug-likeness (QED) is 0.716. The summed E-state index contributed by atoms with van der Waals surface area (Å²) in [6.07, 6.45) is 5.50. The van der Waals surface area contributed by atoms with E-state index in [-0.39, 0.29) is 19.1 Å². The highest BCUT2D eigenvalue weighted by atomic mass is 16.3. The maximum atomic E-state index is 9.15. The topological polar surface area (TPSA) is 91.2 Å². The zero-order valence-corrected chi connectivity index (χ0v) is 13.1. The molecule has 6 nitrogen and oxygen atoms in total. The molecule has 0 radical (unpaired) electrons. The molecule has 3 N–H and O–H groups in total. The monoisotopic (exact) mass is 314 g/mol. The molecular weight excluding hydrogens is 292 g/mol. The molecule has 0 atom stereocenters. The van der Waals surface area contributed by atoms with Gasteiger partial charge in [-0.2, -0.15) is 0 Å². The van der Waals surface area contributed by atoms with Gasteiger partial charge in [0.25, 0.3) is 0 Å². The molecule has 2 heterocycles. The normalized spacial score (nSPS) is 13.3. The Hall–Kier alpha value is -2.05. The van der Waals surface area contributed by atoms with Crippen LogP contribution in [0.2, 0.25) is 0 Å². The maximum absolute atomic E-state index is 9.15. The van der Waals surface area contributed by atoms with Gasteiger partial charge in [-0.15, -0.1) is 0 Å². The largest absolute Gasteiger partial charge is 0.396 e. The third-order valence-corrected chi connectivity index (χ3v) is 4.19. The summed E-state index contributed by atoms with van der Waals surface area (Å²) in [4.78, 5) is 13.7. The molecule has 0 amide bonds. The molecule has 122 valence electrons. The maximum Gasteiger partial charge on any atom is 0.180 e. The van der Waals surface area contributed by atoms with Crippen LogP contribution < -0.4 is 5.32 Å². The van der Waals surface area contributed by atoms with Crippen molar-refractivity contribution in [2.24, 2.45) is 5.92 Å². The summed E-state index contributed by atoms with van der Waals surface area (Å²) in [5, 5.41) is 21.7. The molecule has 0 saturated carbocycles. The molecule has 2 aromatic heterocycles. The summed E-state index contributed by atoms with van der Waals surface area (Å²) in [5.41, 5.74) is 3.06. The number of fused-ring (bicyclic) bond motifs is 1. The van der Waals surface area contributed by atoms with Crippen LogP contribution in [-0.4, -0.2) is 44.9 Å². The van der Waals surface area contributed by atoms with Gasteiger partial charge < -0.3 is 15.5 Å². The van der Waals surface area contributed by atoms with Gasteiger partial charge in [0.1, 0.15) is 11.5 Å². The first kappa shape index (κ1) is 15.8. The summed E-state index contributed by atoms with van der Waals surface area (Å²) >= 11 is 0. The summed E-state index contributed by atoms with van der Waals surface area (Å²) in [7, 11) is 0. The lowest BCUT2D eigenvalue weighted by atomic mass is 10.1. The second kappa shape index (κ2) is 7.48. The van der Waals surface area contributed by atoms with Crippen LogP contribution in [0.5, 0.6) is 0 Å². The minimum absolute atomic E-state index is 0.000748. The number of nitrogens with zero attached hydrogens (tertiary/aromatic N) is 3. The van der Waals surface area contributed by atoms with Crippen LogP contribution in [0.1, 0.15) is 24.1 Å². The van der Waals surface area contributed by atoms with Crippen molar-refractivity contribution in [3.63, 3.8) is 0 Å². The van der Waals surface area contributed by atoms with Crippen molar-refractivity contribution < 1.29 is 10.2 Å². The van der Waals surface area contributed by atoms with E-state index in [1.807, 2.05) is 18.2 Å². The predicted octanol–water partition coefficient (Wildman–Crippen LogP) is 1.43. The first-order valence-corrected chi connectivity index (χ1v) is 8.08. The van der Waals surface area contributed by atoms with Crippen molar-refractivity contribution >= 4 is 5.82 Å². The van der Waals surface area contributed by atoms with E-state index in [1.54, 1.807) is 6.20 Å². The minimum atomic E-state index is -0.0901. The van der Waals surface area contributed by atoms with Crippen molar-refractivity contribution in [3.05, 3.63) is 35.7 Å². The molecule has 6 heteroatoms. The van der Waals surface area contributed by atoms with Crippen molar-refractivity contribution in [1.29, 1.82) is 0 Å². The molecule has 0 fully saturated rings. The number of rotatable bonds is 7. The minimum Gasteiger partial charge on any atom is -0.396 e. The highest BCUT2D eigenvalue weighted by molar-refractivity contribution is 5.57. The number of aliphatic hydroxyl groups excluding tert-OH is 2. The van der Waals surface area contributed by atoms with Crippen LogP contribution >= 0.6 is 0 Å². The molecule has 1 aliphatic rings. The summed E-state index contributed by atoms with van der Waals surface area (Å²) in [5.74, 6) is 1.42. The van der Waals surface area contributed by atoms with Crippen LogP contribution in [0, 0.1) is 5.92 Å². The lowest BCUT2D eigenvalue weighted by Crippen LogP contribution is -2.17. The van der Waals surface area contributed by atoms with Crippen LogP contribution in [0.4, 0.5) is 5.82 Å². The fourth-order valence-corrected chi connectivity index (χ4v) is 2.82. The third-order valence-electron chi connectivity index (χ3n) is 4.19. The number of anilines is 1. The lowest BCUT2D eigenvalue weighted by molar-refractivity contribution is 0.146. The van der Waals surface area contributed by atoms with E-state index in [9.17, 15) is 0 Å². The lowest BCUT2D eigenvalue weighted by Gasteiger charge is -2.14. The fourth-order valence-electron chi connectivity index (χ4n) is 2.82. The van der Waals surface area contributed by atoms with E-state index in [4.69, 9.17) is 10.2 Å². The van der Waals surface area contributed by atoms with Crippen molar-refractivity contribution in [1.82, 2.24) is 15.0 Å². The van der Waals surface area contributed by atoms with Gasteiger partial charge in [-0.25, -0.2) is 9.97 Å². The predicted molar refractivity (Wildman–Crippen MR) is 88.1 cm³/mol. The number of aromatic nitrogens is 3. The number of aliphatic hydroxyl groups is 2. The van der Waals surface area contributed by atoms with Gasteiger partial charge in [-0.3, -0.25) is 4.98 Å². The molecule has 23 heavy (non-hydrogen) atoms. The molecule has 1 aliphatic carbocycles. The fraction of sp³-hybridized carbons (Fsp3) is 0.471. The highest BCUT2D eigenvalue weighted by Crippen LogP contribution is 2.28. The van der Waals surface area contributed by atoms with E-state index in [0.29, 0.717) is 18.8 Å². The van der Waals surface area contributed by atoms with E-state index in [0.717, 1.165) is 36.5 Å². The SMILES string of the molecule is OCC(CO)CCNc1nc(-c2ccccn2)nc2c1CCC2. The molecule has 3 rings (SSSR count). The first-order valence-electron chi connectivity index (χ1n) is 8.08. The summed E-state index contributed by atoms with van der Waals surface area (Å²) in [6, 6.07) is 5.72. The average Bonchev–Trinajstić information content (AvgIpc) is 3.08. The molecule has 0 bridgehead atoms. The Morgan fingerprint density at radius 3 is 2.74 bits per heavy atom. The average molecular weight is 314 g/mol. The molecule has 0 unspecified atom stereocenters. The number of hydrogen-bond acceptors (Lipinski definition) is 6. The molecule has 0 spiro atoms. The van der Waals surface area contributed by atoms with Crippen molar-refractivity contribution in [2.45, 2.75) is 25.7 Å². The van der Waals surface area contributed by atoms with E-state index in [2.05, 4.69) is 20.3 Å². The Morgan fingerprint density at radius 2 is 2.00 bits per heavy atom. The molecule has 0 saturated heterocycles. The second-order valence-corrected chi connectivity index (χ2v) is 5.84. The van der Waals surface area contributed by atoms with Gasteiger partial charge in [-0.1, -0.05) is 6.07 Å². The smallest absolute Gasteiger partial charge is 0.180 e. The molecule has 0 aliphatic heterocycles. The van der Waals surface area contributed by atoms with Gasteiger partial charge in [0.2, 0.25) is 0 Å². The Bertz CT molecular complexity index is 645. The van der Waals surface area contributed by atoms with Crippen LogP contribution in [0.3, 0.4) is 0 Å². The first-order chi connectivity index (χ1) is 11.3. The van der Waals surface area contributed by atoms with Crippen LogP contribution in [-0.2, 0) is 12.8 Å². The summed E-state index contributed by atoms with van der Waals surface area (Å²) < 4.78 is 0. The Morgan fingerprint density at radius 1 is 1.13 bits per heavy atom. The molecule has 0 aromatic carbocycles. The number of nitrogens with one attached hydrogen (secondary N) is 1. The third kappa shape index (κ3) is 3.65. The number of aryl methyl sites for hydroxylation is 1. The Labute approximate surface area is 135 Å². The molecular formula is C17H22N4O2. The Kier molecular flexibility index (Phi) is 5.15. The van der Waals surface area contributed by atoms with Gasteiger partial charge in [-0.05, 0) is 37.8 Å². The van der Waals surface area contributed by atoms with Crippen LogP contribution in [0.15, 0.2) is 24.4 Å². The van der Waals surface area contributed by atoms with Gasteiger partial charge in [0, 0.05) is 43.1 Å².